The van der Waals surface area contributed by atoms with Crippen molar-refractivity contribution >= 4 is 5.97 Å². The molecule has 0 spiro atoms. The van der Waals surface area contributed by atoms with Crippen LogP contribution in [0.3, 0.4) is 0 Å². The average Bonchev–Trinajstić information content (AvgIpc) is 2.19. The van der Waals surface area contributed by atoms with Crippen LogP contribution in [0, 0.1) is 0 Å². The van der Waals surface area contributed by atoms with Gasteiger partial charge in [-0.05, 0) is 17.5 Å². The number of carboxylic acid groups (broad SMARTS) is 1. The molecule has 0 fully saturated rings. The summed E-state index contributed by atoms with van der Waals surface area (Å²) in [5, 5.41) is 8.81. The molecule has 0 aromatic heterocycles. The second-order valence-corrected chi connectivity index (χ2v) is 3.03. The fourth-order valence-electron chi connectivity index (χ4n) is 1.26. The minimum atomic E-state index is -0.975. The normalized spacial score (nSPS) is 12.4. The van der Waals surface area contributed by atoms with E-state index in [0.29, 0.717) is 5.56 Å². The van der Waals surface area contributed by atoms with Gasteiger partial charge in [0.1, 0.15) is 6.04 Å². The minimum absolute atomic E-state index is 0.664. The number of hydrogen-bond donors (Lipinski definition) is 3. The summed E-state index contributed by atoms with van der Waals surface area (Å²) >= 11 is 0. The summed E-state index contributed by atoms with van der Waals surface area (Å²) < 4.78 is 0. The van der Waals surface area contributed by atoms with Crippen LogP contribution in [0.15, 0.2) is 24.3 Å². The van der Waals surface area contributed by atoms with Crippen molar-refractivity contribution in [3.8, 4) is 0 Å². The molecule has 4 nitrogen and oxygen atoms in total. The van der Waals surface area contributed by atoms with Crippen LogP contribution in [0.25, 0.3) is 0 Å². The Balaban J connectivity index is 2.89. The summed E-state index contributed by atoms with van der Waals surface area (Å²) in [6, 6.07) is 6.53. The van der Waals surface area contributed by atoms with E-state index < -0.39 is 12.0 Å². The monoisotopic (exact) mass is 194 g/mol. The standard InChI is InChI=1S/C10H14N2O2/c1-2-7-3-5-8(6-4-7)9(12-11)10(13)14/h3-6,9,12H,2,11H2,1H3,(H,13,14). The lowest BCUT2D eigenvalue weighted by molar-refractivity contribution is -0.139. The van der Waals surface area contributed by atoms with Crippen LogP contribution < -0.4 is 11.3 Å². The second kappa shape index (κ2) is 4.74. The minimum Gasteiger partial charge on any atom is -0.480 e. The third kappa shape index (κ3) is 2.31. The first kappa shape index (κ1) is 10.7. The van der Waals surface area contributed by atoms with Crippen LogP contribution in [-0.2, 0) is 11.2 Å². The molecular formula is C10H14N2O2. The molecular weight excluding hydrogens is 180 g/mol. The third-order valence-corrected chi connectivity index (χ3v) is 2.13. The van der Waals surface area contributed by atoms with Crippen molar-refractivity contribution in [1.82, 2.24) is 5.43 Å². The van der Waals surface area contributed by atoms with E-state index in [-0.39, 0.29) is 0 Å². The van der Waals surface area contributed by atoms with Crippen LogP contribution in [-0.4, -0.2) is 11.1 Å². The maximum atomic E-state index is 10.7. The smallest absolute Gasteiger partial charge is 0.326 e. The molecule has 76 valence electrons. The zero-order chi connectivity index (χ0) is 10.6. The first-order chi connectivity index (χ1) is 6.69. The first-order valence-corrected chi connectivity index (χ1v) is 4.46. The lowest BCUT2D eigenvalue weighted by Gasteiger charge is -2.11. The number of nitrogens with two attached hydrogens (primary N) is 1. The zero-order valence-electron chi connectivity index (χ0n) is 8.03. The molecule has 0 aliphatic carbocycles. The van der Waals surface area contributed by atoms with E-state index in [1.807, 2.05) is 19.1 Å². The highest BCUT2D eigenvalue weighted by molar-refractivity contribution is 5.75. The molecule has 4 N–H and O–H groups in total. The van der Waals surface area contributed by atoms with Crippen molar-refractivity contribution in [2.75, 3.05) is 0 Å². The van der Waals surface area contributed by atoms with Gasteiger partial charge in [-0.15, -0.1) is 0 Å². The Morgan fingerprint density at radius 1 is 1.50 bits per heavy atom. The van der Waals surface area contributed by atoms with Gasteiger partial charge in [-0.2, -0.15) is 0 Å². The van der Waals surface area contributed by atoms with Gasteiger partial charge >= 0.3 is 5.97 Å². The van der Waals surface area contributed by atoms with Gasteiger partial charge in [-0.25, -0.2) is 5.43 Å². The number of nitrogens with one attached hydrogen (secondary N) is 1. The SMILES string of the molecule is CCc1ccc(C(NN)C(=O)O)cc1. The summed E-state index contributed by atoms with van der Waals surface area (Å²) in [5.74, 6) is 4.17. The molecule has 1 unspecified atom stereocenters. The molecule has 0 amide bonds. The molecule has 1 aromatic rings. The number of aryl methyl sites for hydroxylation is 1. The maximum absolute atomic E-state index is 10.7. The van der Waals surface area contributed by atoms with Gasteiger partial charge < -0.3 is 5.11 Å². The van der Waals surface area contributed by atoms with Crippen molar-refractivity contribution in [2.45, 2.75) is 19.4 Å². The van der Waals surface area contributed by atoms with E-state index in [1.54, 1.807) is 12.1 Å². The molecule has 4 heteroatoms. The Labute approximate surface area is 82.7 Å². The van der Waals surface area contributed by atoms with Gasteiger partial charge in [0.25, 0.3) is 0 Å². The first-order valence-electron chi connectivity index (χ1n) is 4.46. The summed E-state index contributed by atoms with van der Waals surface area (Å²) in [6.07, 6.45) is 0.939. The average molecular weight is 194 g/mol. The fourth-order valence-corrected chi connectivity index (χ4v) is 1.26. The predicted molar refractivity (Wildman–Crippen MR) is 53.5 cm³/mol. The van der Waals surface area contributed by atoms with Crippen LogP contribution in [0.5, 0.6) is 0 Å². The maximum Gasteiger partial charge on any atom is 0.326 e. The molecule has 0 saturated heterocycles. The quantitative estimate of drug-likeness (QED) is 0.490. The topological polar surface area (TPSA) is 75.3 Å². The zero-order valence-corrected chi connectivity index (χ0v) is 8.03. The molecule has 1 atom stereocenters. The van der Waals surface area contributed by atoms with Crippen molar-refractivity contribution in [1.29, 1.82) is 0 Å². The molecule has 1 rings (SSSR count). The fraction of sp³-hybridized carbons (Fsp3) is 0.300. The summed E-state index contributed by atoms with van der Waals surface area (Å²) in [5.41, 5.74) is 4.10. The van der Waals surface area contributed by atoms with E-state index >= 15 is 0 Å². The van der Waals surface area contributed by atoms with Gasteiger partial charge in [0, 0.05) is 0 Å². The number of aliphatic carboxylic acids is 1. The van der Waals surface area contributed by atoms with Crippen molar-refractivity contribution in [3.05, 3.63) is 35.4 Å². The van der Waals surface area contributed by atoms with E-state index in [1.165, 1.54) is 5.56 Å². The largest absolute Gasteiger partial charge is 0.480 e. The van der Waals surface area contributed by atoms with Crippen molar-refractivity contribution in [2.24, 2.45) is 5.84 Å². The lowest BCUT2D eigenvalue weighted by atomic mass is 10.0. The summed E-state index contributed by atoms with van der Waals surface area (Å²) in [6.45, 7) is 2.05. The second-order valence-electron chi connectivity index (χ2n) is 3.03. The Bertz CT molecular complexity index is 308. The van der Waals surface area contributed by atoms with Crippen LogP contribution in [0.2, 0.25) is 0 Å². The Morgan fingerprint density at radius 2 is 2.07 bits per heavy atom. The summed E-state index contributed by atoms with van der Waals surface area (Å²) in [4.78, 5) is 10.7. The Morgan fingerprint density at radius 3 is 2.43 bits per heavy atom. The van der Waals surface area contributed by atoms with E-state index in [4.69, 9.17) is 10.9 Å². The van der Waals surface area contributed by atoms with Crippen molar-refractivity contribution < 1.29 is 9.90 Å². The van der Waals surface area contributed by atoms with Crippen molar-refractivity contribution in [3.63, 3.8) is 0 Å². The number of hydrazine groups is 1. The molecule has 0 aliphatic rings. The number of carbonyl (C=O) groups is 1. The predicted octanol–water partition coefficient (Wildman–Crippen LogP) is 0.838. The van der Waals surface area contributed by atoms with E-state index in [2.05, 4.69) is 5.43 Å². The molecule has 1 aromatic carbocycles. The Hall–Kier alpha value is -1.39. The van der Waals surface area contributed by atoms with Gasteiger partial charge in [0.05, 0.1) is 0 Å². The number of benzene rings is 1. The van der Waals surface area contributed by atoms with Crippen LogP contribution in [0.4, 0.5) is 0 Å². The molecule has 0 saturated carbocycles. The number of hydrogen-bond acceptors (Lipinski definition) is 3. The van der Waals surface area contributed by atoms with Crippen LogP contribution >= 0.6 is 0 Å². The van der Waals surface area contributed by atoms with Gasteiger partial charge in [-0.1, -0.05) is 31.2 Å². The highest BCUT2D eigenvalue weighted by atomic mass is 16.4. The van der Waals surface area contributed by atoms with Gasteiger partial charge in [-0.3, -0.25) is 10.6 Å². The van der Waals surface area contributed by atoms with E-state index in [9.17, 15) is 4.79 Å². The van der Waals surface area contributed by atoms with Gasteiger partial charge in [0.2, 0.25) is 0 Å². The summed E-state index contributed by atoms with van der Waals surface area (Å²) in [7, 11) is 0. The lowest BCUT2D eigenvalue weighted by Crippen LogP contribution is -2.33. The van der Waals surface area contributed by atoms with E-state index in [0.717, 1.165) is 6.42 Å². The molecule has 14 heavy (non-hydrogen) atoms. The number of rotatable bonds is 4. The molecule has 0 heterocycles. The molecule has 0 aliphatic heterocycles. The Kier molecular flexibility index (Phi) is 3.62. The number of carboxylic acids is 1. The van der Waals surface area contributed by atoms with Crippen LogP contribution in [0.1, 0.15) is 24.1 Å². The van der Waals surface area contributed by atoms with Gasteiger partial charge in [0.15, 0.2) is 0 Å². The molecule has 0 radical (unpaired) electrons. The highest BCUT2D eigenvalue weighted by Crippen LogP contribution is 2.13. The highest BCUT2D eigenvalue weighted by Gasteiger charge is 2.16. The molecule has 0 bridgehead atoms. The third-order valence-electron chi connectivity index (χ3n) is 2.13.